The molecule has 0 aliphatic carbocycles. The van der Waals surface area contributed by atoms with E-state index < -0.39 is 0 Å². The predicted octanol–water partition coefficient (Wildman–Crippen LogP) is 3.72. The molecule has 2 aromatic carbocycles. The van der Waals surface area contributed by atoms with Crippen molar-refractivity contribution in [3.8, 4) is 0 Å². The number of rotatable bonds is 1. The highest BCUT2D eigenvalue weighted by atomic mass is 32.2. The van der Waals surface area contributed by atoms with Crippen LogP contribution in [0.1, 0.15) is 16.7 Å². The Bertz CT molecular complexity index is 552. The molecule has 90 valence electrons. The van der Waals surface area contributed by atoms with Crippen LogP contribution in [0.15, 0.2) is 59.5 Å². The smallest absolute Gasteiger partial charge is 0.0621 e. The molecule has 0 saturated carbocycles. The maximum Gasteiger partial charge on any atom is 0.0621 e. The number of aliphatic hydroxyl groups excluding tert-OH is 1. The van der Waals surface area contributed by atoms with Gasteiger partial charge in [-0.2, -0.15) is 0 Å². The summed E-state index contributed by atoms with van der Waals surface area (Å²) in [5, 5.41) is 9.28. The minimum atomic E-state index is 0.0721. The van der Waals surface area contributed by atoms with Gasteiger partial charge in [0.05, 0.1) is 6.61 Å². The van der Waals surface area contributed by atoms with E-state index in [9.17, 15) is 5.11 Å². The Balaban J connectivity index is 2.25. The number of thioether (sulfide) groups is 1. The van der Waals surface area contributed by atoms with Gasteiger partial charge in [0.1, 0.15) is 0 Å². The van der Waals surface area contributed by atoms with Gasteiger partial charge in [0.25, 0.3) is 0 Å². The summed E-state index contributed by atoms with van der Waals surface area (Å²) in [4.78, 5) is 1.29. The van der Waals surface area contributed by atoms with Crippen molar-refractivity contribution in [3.63, 3.8) is 0 Å². The second kappa shape index (κ2) is 5.01. The summed E-state index contributed by atoms with van der Waals surface area (Å²) < 4.78 is 0. The largest absolute Gasteiger partial charge is 0.392 e. The second-order valence-electron chi connectivity index (χ2n) is 4.24. The lowest BCUT2D eigenvalue weighted by atomic mass is 9.94. The molecule has 0 bridgehead atoms. The van der Waals surface area contributed by atoms with E-state index in [1.54, 1.807) is 0 Å². The van der Waals surface area contributed by atoms with Crippen molar-refractivity contribution in [3.05, 3.63) is 71.3 Å². The maximum absolute atomic E-state index is 9.28. The number of aliphatic hydroxyl groups is 1. The predicted molar refractivity (Wildman–Crippen MR) is 76.6 cm³/mol. The molecule has 0 radical (unpaired) electrons. The molecule has 0 fully saturated rings. The highest BCUT2D eigenvalue weighted by Crippen LogP contribution is 2.39. The summed E-state index contributed by atoms with van der Waals surface area (Å²) in [6.45, 7) is 0.0721. The van der Waals surface area contributed by atoms with E-state index in [1.165, 1.54) is 21.6 Å². The normalized spacial score (nSPS) is 15.9. The third-order valence-corrected chi connectivity index (χ3v) is 4.29. The van der Waals surface area contributed by atoms with Crippen molar-refractivity contribution in [1.29, 1.82) is 0 Å². The molecule has 0 amide bonds. The van der Waals surface area contributed by atoms with Crippen LogP contribution in [-0.2, 0) is 5.75 Å². The summed E-state index contributed by atoms with van der Waals surface area (Å²) in [7, 11) is 0. The Morgan fingerprint density at radius 1 is 1.00 bits per heavy atom. The fourth-order valence-corrected chi connectivity index (χ4v) is 3.41. The van der Waals surface area contributed by atoms with Crippen molar-refractivity contribution in [2.45, 2.75) is 10.6 Å². The van der Waals surface area contributed by atoms with Crippen molar-refractivity contribution < 1.29 is 5.11 Å². The van der Waals surface area contributed by atoms with Gasteiger partial charge in [-0.1, -0.05) is 48.5 Å². The summed E-state index contributed by atoms with van der Waals surface area (Å²) in [5.41, 5.74) is 4.94. The van der Waals surface area contributed by atoms with Crippen LogP contribution in [0.2, 0.25) is 0 Å². The molecule has 0 aromatic heterocycles. The first-order valence-corrected chi connectivity index (χ1v) is 7.00. The molecule has 1 N–H and O–H groups in total. The minimum absolute atomic E-state index is 0.0721. The highest BCUT2D eigenvalue weighted by molar-refractivity contribution is 7.98. The summed E-state index contributed by atoms with van der Waals surface area (Å²) in [6.07, 6.45) is 1.91. The van der Waals surface area contributed by atoms with Gasteiger partial charge < -0.3 is 5.11 Å². The Morgan fingerprint density at radius 2 is 1.72 bits per heavy atom. The van der Waals surface area contributed by atoms with Gasteiger partial charge in [0, 0.05) is 10.6 Å². The van der Waals surface area contributed by atoms with Crippen molar-refractivity contribution in [1.82, 2.24) is 0 Å². The molecule has 0 saturated heterocycles. The van der Waals surface area contributed by atoms with Crippen molar-refractivity contribution >= 4 is 17.3 Å². The molecule has 1 heterocycles. The molecular formula is C16H14OS. The molecule has 0 spiro atoms. The molecule has 3 rings (SSSR count). The first-order chi connectivity index (χ1) is 8.90. The van der Waals surface area contributed by atoms with Crippen LogP contribution >= 0.6 is 11.8 Å². The lowest BCUT2D eigenvalue weighted by Crippen LogP contribution is -1.93. The van der Waals surface area contributed by atoms with Gasteiger partial charge in [-0.3, -0.25) is 0 Å². The Labute approximate surface area is 111 Å². The zero-order valence-corrected chi connectivity index (χ0v) is 10.8. The molecular weight excluding hydrogens is 240 g/mol. The van der Waals surface area contributed by atoms with E-state index in [0.29, 0.717) is 0 Å². The average molecular weight is 254 g/mol. The SMILES string of the molecule is OC/C=C1/c2ccccc2CSc2ccccc21. The average Bonchev–Trinajstić information content (AvgIpc) is 2.58. The van der Waals surface area contributed by atoms with Gasteiger partial charge in [-0.25, -0.2) is 0 Å². The summed E-state index contributed by atoms with van der Waals surface area (Å²) >= 11 is 1.86. The number of fused-ring (bicyclic) bond motifs is 2. The van der Waals surface area contributed by atoms with E-state index in [0.717, 1.165) is 11.3 Å². The number of hydrogen-bond donors (Lipinski definition) is 1. The topological polar surface area (TPSA) is 20.2 Å². The molecule has 2 aromatic rings. The Hall–Kier alpha value is -1.51. The molecule has 2 heteroatoms. The molecule has 0 unspecified atom stereocenters. The van der Waals surface area contributed by atoms with Gasteiger partial charge in [0.15, 0.2) is 0 Å². The van der Waals surface area contributed by atoms with Crippen LogP contribution in [0, 0.1) is 0 Å². The number of hydrogen-bond acceptors (Lipinski definition) is 2. The molecule has 1 nitrogen and oxygen atoms in total. The van der Waals surface area contributed by atoms with Crippen LogP contribution in [-0.4, -0.2) is 11.7 Å². The lowest BCUT2D eigenvalue weighted by Gasteiger charge is -2.10. The van der Waals surface area contributed by atoms with Gasteiger partial charge in [-0.15, -0.1) is 11.8 Å². The molecule has 18 heavy (non-hydrogen) atoms. The van der Waals surface area contributed by atoms with Gasteiger partial charge in [-0.05, 0) is 28.3 Å². The highest BCUT2D eigenvalue weighted by Gasteiger charge is 2.17. The molecule has 0 atom stereocenters. The third kappa shape index (κ3) is 1.98. The van der Waals surface area contributed by atoms with E-state index in [1.807, 2.05) is 17.8 Å². The van der Waals surface area contributed by atoms with Gasteiger partial charge >= 0.3 is 0 Å². The zero-order valence-electron chi connectivity index (χ0n) is 9.97. The van der Waals surface area contributed by atoms with Crippen molar-refractivity contribution in [2.24, 2.45) is 0 Å². The summed E-state index contributed by atoms with van der Waals surface area (Å²) in [5.74, 6) is 0.982. The summed E-state index contributed by atoms with van der Waals surface area (Å²) in [6, 6.07) is 16.8. The first-order valence-electron chi connectivity index (χ1n) is 6.01. The fourth-order valence-electron chi connectivity index (χ4n) is 2.34. The monoisotopic (exact) mass is 254 g/mol. The maximum atomic E-state index is 9.28. The molecule has 1 aliphatic rings. The van der Waals surface area contributed by atoms with Crippen molar-refractivity contribution in [2.75, 3.05) is 6.61 Å². The lowest BCUT2D eigenvalue weighted by molar-refractivity contribution is 0.343. The Morgan fingerprint density at radius 3 is 2.56 bits per heavy atom. The van der Waals surface area contributed by atoms with E-state index in [-0.39, 0.29) is 6.61 Å². The zero-order chi connectivity index (χ0) is 12.4. The van der Waals surface area contributed by atoms with E-state index in [2.05, 4.69) is 48.5 Å². The van der Waals surface area contributed by atoms with E-state index >= 15 is 0 Å². The van der Waals surface area contributed by atoms with Crippen LogP contribution in [0.4, 0.5) is 0 Å². The second-order valence-corrected chi connectivity index (χ2v) is 5.26. The quantitative estimate of drug-likeness (QED) is 0.837. The standard InChI is InChI=1S/C16H14OS/c17-10-9-14-13-6-2-1-5-12(13)11-18-16-8-4-3-7-15(14)16/h1-9,17H,10-11H2/b14-9-. The Kier molecular flexibility index (Phi) is 3.22. The number of benzene rings is 2. The molecule has 1 aliphatic heterocycles. The van der Waals surface area contributed by atoms with Crippen LogP contribution in [0.5, 0.6) is 0 Å². The minimum Gasteiger partial charge on any atom is -0.392 e. The fraction of sp³-hybridized carbons (Fsp3) is 0.125. The van der Waals surface area contributed by atoms with Crippen LogP contribution < -0.4 is 0 Å². The van der Waals surface area contributed by atoms with Gasteiger partial charge in [0.2, 0.25) is 0 Å². The third-order valence-electron chi connectivity index (χ3n) is 3.16. The van der Waals surface area contributed by atoms with Crippen LogP contribution in [0.3, 0.4) is 0 Å². The van der Waals surface area contributed by atoms with Crippen LogP contribution in [0.25, 0.3) is 5.57 Å². The van der Waals surface area contributed by atoms with E-state index in [4.69, 9.17) is 0 Å². The first kappa shape index (κ1) is 11.6.